The van der Waals surface area contributed by atoms with Crippen LogP contribution in [0.3, 0.4) is 0 Å². The zero-order valence-corrected chi connectivity index (χ0v) is 10.1. The first-order chi connectivity index (χ1) is 8.58. The number of ketones is 2. The fourth-order valence-corrected chi connectivity index (χ4v) is 1.36. The minimum atomic E-state index is -0.968. The minimum Gasteiger partial charge on any atom is -0.460 e. The maximum Gasteiger partial charge on any atom is 0.375 e. The average Bonchev–Trinajstić information content (AvgIpc) is 2.39. The van der Waals surface area contributed by atoms with Gasteiger partial charge in [0.05, 0.1) is 13.0 Å². The molecule has 0 heterocycles. The largest absolute Gasteiger partial charge is 0.460 e. The van der Waals surface area contributed by atoms with Crippen LogP contribution >= 0.6 is 0 Å². The van der Waals surface area contributed by atoms with Crippen LogP contribution in [0.5, 0.6) is 0 Å². The molecule has 0 fully saturated rings. The van der Waals surface area contributed by atoms with Gasteiger partial charge in [0, 0.05) is 12.1 Å². The van der Waals surface area contributed by atoms with Gasteiger partial charge >= 0.3 is 5.97 Å². The minimum absolute atomic E-state index is 0.115. The van der Waals surface area contributed by atoms with Crippen molar-refractivity contribution >= 4 is 17.5 Å². The van der Waals surface area contributed by atoms with Crippen molar-refractivity contribution in [2.24, 2.45) is 5.73 Å². The smallest absolute Gasteiger partial charge is 0.375 e. The molecule has 1 rings (SSSR count). The lowest BCUT2D eigenvalue weighted by Crippen LogP contribution is -2.20. The number of benzene rings is 1. The molecule has 0 unspecified atom stereocenters. The molecule has 0 aliphatic heterocycles. The number of rotatable bonds is 6. The SMILES string of the molecule is CCOC(=O)C(=O)CC(=O)c1ccc(CN)cc1. The van der Waals surface area contributed by atoms with Crippen molar-refractivity contribution in [2.75, 3.05) is 6.61 Å². The van der Waals surface area contributed by atoms with Gasteiger partial charge in [0.25, 0.3) is 0 Å². The Morgan fingerprint density at radius 2 is 1.78 bits per heavy atom. The van der Waals surface area contributed by atoms with Gasteiger partial charge in [0.1, 0.15) is 0 Å². The molecule has 0 saturated heterocycles. The molecule has 5 heteroatoms. The summed E-state index contributed by atoms with van der Waals surface area (Å²) in [6.45, 7) is 2.10. The van der Waals surface area contributed by atoms with Gasteiger partial charge < -0.3 is 10.5 Å². The van der Waals surface area contributed by atoms with Gasteiger partial charge in [0.15, 0.2) is 5.78 Å². The Morgan fingerprint density at radius 3 is 2.28 bits per heavy atom. The highest BCUT2D eigenvalue weighted by molar-refractivity contribution is 6.38. The Labute approximate surface area is 105 Å². The van der Waals surface area contributed by atoms with Crippen LogP contribution < -0.4 is 5.73 Å². The highest BCUT2D eigenvalue weighted by Gasteiger charge is 2.19. The first-order valence-corrected chi connectivity index (χ1v) is 5.60. The standard InChI is InChI=1S/C13H15NO4/c1-2-18-13(17)12(16)7-11(15)10-5-3-9(8-14)4-6-10/h3-6H,2,7-8,14H2,1H3. The molecule has 2 N–H and O–H groups in total. The van der Waals surface area contributed by atoms with E-state index in [0.717, 1.165) is 5.56 Å². The second kappa shape index (κ2) is 6.66. The van der Waals surface area contributed by atoms with Crippen molar-refractivity contribution < 1.29 is 19.1 Å². The molecule has 0 aliphatic rings. The van der Waals surface area contributed by atoms with E-state index in [1.165, 1.54) is 0 Å². The van der Waals surface area contributed by atoms with Crippen LogP contribution in [0.4, 0.5) is 0 Å². The van der Waals surface area contributed by atoms with Crippen molar-refractivity contribution in [3.63, 3.8) is 0 Å². The third kappa shape index (κ3) is 3.78. The summed E-state index contributed by atoms with van der Waals surface area (Å²) >= 11 is 0. The summed E-state index contributed by atoms with van der Waals surface area (Å²) < 4.78 is 4.52. The molecule has 0 radical (unpaired) electrons. The second-order valence-corrected chi connectivity index (χ2v) is 3.64. The number of nitrogens with two attached hydrogens (primary N) is 1. The molecular weight excluding hydrogens is 234 g/mol. The van der Waals surface area contributed by atoms with E-state index in [9.17, 15) is 14.4 Å². The van der Waals surface area contributed by atoms with Gasteiger partial charge in [-0.1, -0.05) is 24.3 Å². The molecule has 96 valence electrons. The fraction of sp³-hybridized carbons (Fsp3) is 0.308. The van der Waals surface area contributed by atoms with Crippen LogP contribution in [0.2, 0.25) is 0 Å². The maximum absolute atomic E-state index is 11.7. The van der Waals surface area contributed by atoms with E-state index in [0.29, 0.717) is 12.1 Å². The molecule has 18 heavy (non-hydrogen) atoms. The second-order valence-electron chi connectivity index (χ2n) is 3.64. The van der Waals surface area contributed by atoms with Crippen molar-refractivity contribution in [1.82, 2.24) is 0 Å². The molecule has 0 saturated carbocycles. The van der Waals surface area contributed by atoms with Gasteiger partial charge in [-0.25, -0.2) is 4.79 Å². The lowest BCUT2D eigenvalue weighted by molar-refractivity contribution is -0.153. The monoisotopic (exact) mass is 249 g/mol. The Hall–Kier alpha value is -2.01. The third-order valence-electron chi connectivity index (χ3n) is 2.34. The predicted molar refractivity (Wildman–Crippen MR) is 64.9 cm³/mol. The predicted octanol–water partition coefficient (Wildman–Crippen LogP) is 0.850. The van der Waals surface area contributed by atoms with Gasteiger partial charge in [-0.3, -0.25) is 9.59 Å². The summed E-state index contributed by atoms with van der Waals surface area (Å²) in [5.41, 5.74) is 6.70. The van der Waals surface area contributed by atoms with Crippen molar-refractivity contribution in [2.45, 2.75) is 19.9 Å². The molecule has 5 nitrogen and oxygen atoms in total. The number of Topliss-reactive ketones (excluding diaryl/α,β-unsaturated/α-hetero) is 2. The van der Waals surface area contributed by atoms with Gasteiger partial charge in [0.2, 0.25) is 5.78 Å². The van der Waals surface area contributed by atoms with Crippen molar-refractivity contribution in [1.29, 1.82) is 0 Å². The molecule has 1 aromatic rings. The zero-order valence-electron chi connectivity index (χ0n) is 10.1. The normalized spacial score (nSPS) is 9.89. The first kappa shape index (κ1) is 14.1. The highest BCUT2D eigenvalue weighted by atomic mass is 16.5. The maximum atomic E-state index is 11.7. The van der Waals surface area contributed by atoms with Crippen molar-refractivity contribution in [3.8, 4) is 0 Å². The van der Waals surface area contributed by atoms with Gasteiger partial charge in [-0.05, 0) is 12.5 Å². The summed E-state index contributed by atoms with van der Waals surface area (Å²) in [4.78, 5) is 34.1. The van der Waals surface area contributed by atoms with Crippen LogP contribution in [0.15, 0.2) is 24.3 Å². The summed E-state index contributed by atoms with van der Waals surface area (Å²) in [5, 5.41) is 0. The van der Waals surface area contributed by atoms with E-state index < -0.39 is 24.0 Å². The Kier molecular flexibility index (Phi) is 5.20. The van der Waals surface area contributed by atoms with Crippen LogP contribution in [-0.4, -0.2) is 24.1 Å². The van der Waals surface area contributed by atoms with E-state index in [4.69, 9.17) is 5.73 Å². The lowest BCUT2D eigenvalue weighted by atomic mass is 10.0. The van der Waals surface area contributed by atoms with E-state index in [2.05, 4.69) is 4.74 Å². The van der Waals surface area contributed by atoms with E-state index >= 15 is 0 Å². The first-order valence-electron chi connectivity index (χ1n) is 5.60. The summed E-state index contributed by atoms with van der Waals surface area (Å²) in [6.07, 6.45) is -0.471. The average molecular weight is 249 g/mol. The third-order valence-corrected chi connectivity index (χ3v) is 2.34. The summed E-state index contributed by atoms with van der Waals surface area (Å²) in [5.74, 6) is -2.20. The van der Waals surface area contributed by atoms with Gasteiger partial charge in [-0.15, -0.1) is 0 Å². The van der Waals surface area contributed by atoms with Crippen LogP contribution in [0.1, 0.15) is 29.3 Å². The van der Waals surface area contributed by atoms with Crippen LogP contribution in [0.25, 0.3) is 0 Å². The number of hydrogen-bond acceptors (Lipinski definition) is 5. The summed E-state index contributed by atoms with van der Waals surface area (Å²) in [7, 11) is 0. The number of carbonyl (C=O) groups is 3. The Morgan fingerprint density at radius 1 is 1.17 bits per heavy atom. The number of carbonyl (C=O) groups excluding carboxylic acids is 3. The number of esters is 1. The molecule has 0 atom stereocenters. The molecule has 0 bridgehead atoms. The van der Waals surface area contributed by atoms with E-state index in [-0.39, 0.29) is 6.61 Å². The molecule has 1 aromatic carbocycles. The molecule has 0 amide bonds. The van der Waals surface area contributed by atoms with E-state index in [1.807, 2.05) is 0 Å². The van der Waals surface area contributed by atoms with E-state index in [1.54, 1.807) is 31.2 Å². The number of ether oxygens (including phenoxy) is 1. The lowest BCUT2D eigenvalue weighted by Gasteiger charge is -2.02. The zero-order chi connectivity index (χ0) is 13.5. The molecule has 0 spiro atoms. The topological polar surface area (TPSA) is 86.5 Å². The Balaban J connectivity index is 2.64. The quantitative estimate of drug-likeness (QED) is 0.349. The molecule has 0 aliphatic carbocycles. The molecule has 0 aromatic heterocycles. The number of hydrogen-bond donors (Lipinski definition) is 1. The fourth-order valence-electron chi connectivity index (χ4n) is 1.36. The summed E-state index contributed by atoms with van der Waals surface area (Å²) in [6, 6.07) is 6.59. The van der Waals surface area contributed by atoms with Crippen LogP contribution in [-0.2, 0) is 20.9 Å². The Bertz CT molecular complexity index is 451. The van der Waals surface area contributed by atoms with Crippen LogP contribution in [0, 0.1) is 0 Å². The van der Waals surface area contributed by atoms with Gasteiger partial charge in [-0.2, -0.15) is 0 Å². The highest BCUT2D eigenvalue weighted by Crippen LogP contribution is 2.07. The molecular formula is C13H15NO4. The van der Waals surface area contributed by atoms with Crippen molar-refractivity contribution in [3.05, 3.63) is 35.4 Å².